The van der Waals surface area contributed by atoms with Crippen LogP contribution in [0.5, 0.6) is 11.5 Å². The van der Waals surface area contributed by atoms with Crippen molar-refractivity contribution in [2.24, 2.45) is 0 Å². The highest BCUT2D eigenvalue weighted by molar-refractivity contribution is 9.10. The van der Waals surface area contributed by atoms with E-state index in [1.807, 2.05) is 57.2 Å². The number of thioether (sulfide) groups is 1. The number of hydrogen-bond acceptors (Lipinski definition) is 7. The number of rotatable bonds is 11. The summed E-state index contributed by atoms with van der Waals surface area (Å²) in [6.07, 6.45) is 0.0777. The smallest absolute Gasteiger partial charge is 0.214 e. The Balaban J connectivity index is 1.53. The van der Waals surface area contributed by atoms with E-state index in [1.54, 1.807) is 16.4 Å². The fourth-order valence-corrected chi connectivity index (χ4v) is 4.15. The summed E-state index contributed by atoms with van der Waals surface area (Å²) in [5.74, 6) is 2.36. The maximum atomic E-state index is 5.90. The molecule has 0 aliphatic rings. The predicted molar refractivity (Wildman–Crippen MR) is 123 cm³/mol. The Bertz CT molecular complexity index is 936. The zero-order valence-electron chi connectivity index (χ0n) is 17.3. The van der Waals surface area contributed by atoms with Crippen LogP contribution in [0.3, 0.4) is 0 Å². The molecule has 1 N–H and O–H groups in total. The summed E-state index contributed by atoms with van der Waals surface area (Å²) < 4.78 is 14.3. The quantitative estimate of drug-likeness (QED) is 0.312. The molecule has 0 radical (unpaired) electrons. The van der Waals surface area contributed by atoms with E-state index >= 15 is 0 Å². The van der Waals surface area contributed by atoms with Gasteiger partial charge in [-0.2, -0.15) is 4.68 Å². The van der Waals surface area contributed by atoms with Gasteiger partial charge in [0.15, 0.2) is 11.5 Å². The number of hydrogen-bond donors (Lipinski definition) is 1. The molecular formula is C21H26BrN5O2S. The lowest BCUT2D eigenvalue weighted by molar-refractivity contribution is 0.222. The van der Waals surface area contributed by atoms with Gasteiger partial charge in [0.05, 0.1) is 22.9 Å². The summed E-state index contributed by atoms with van der Waals surface area (Å²) in [6, 6.07) is 14.0. The second-order valence-electron chi connectivity index (χ2n) is 6.74. The van der Waals surface area contributed by atoms with E-state index in [0.717, 1.165) is 51.2 Å². The summed E-state index contributed by atoms with van der Waals surface area (Å²) in [5.41, 5.74) is 2.08. The van der Waals surface area contributed by atoms with Gasteiger partial charge in [0.25, 0.3) is 0 Å². The Morgan fingerprint density at radius 1 is 1.20 bits per heavy atom. The molecule has 0 aliphatic heterocycles. The molecular weight excluding hydrogens is 466 g/mol. The molecule has 0 fully saturated rings. The largest absolute Gasteiger partial charge is 0.490 e. The van der Waals surface area contributed by atoms with Gasteiger partial charge in [-0.1, -0.05) is 30.0 Å². The van der Waals surface area contributed by atoms with Gasteiger partial charge >= 0.3 is 0 Å². The highest BCUT2D eigenvalue weighted by Crippen LogP contribution is 2.37. The molecule has 1 heterocycles. The van der Waals surface area contributed by atoms with Crippen LogP contribution in [0.25, 0.3) is 5.69 Å². The van der Waals surface area contributed by atoms with E-state index in [9.17, 15) is 0 Å². The van der Waals surface area contributed by atoms with E-state index in [2.05, 4.69) is 42.8 Å². The van der Waals surface area contributed by atoms with Gasteiger partial charge in [0.1, 0.15) is 0 Å². The van der Waals surface area contributed by atoms with Gasteiger partial charge in [0.2, 0.25) is 5.16 Å². The minimum absolute atomic E-state index is 0.0777. The monoisotopic (exact) mass is 491 g/mol. The van der Waals surface area contributed by atoms with E-state index in [0.29, 0.717) is 6.61 Å². The van der Waals surface area contributed by atoms with Gasteiger partial charge in [-0.15, -0.1) is 5.10 Å². The predicted octanol–water partition coefficient (Wildman–Crippen LogP) is 4.49. The van der Waals surface area contributed by atoms with Crippen molar-refractivity contribution in [2.45, 2.75) is 38.6 Å². The lowest BCUT2D eigenvalue weighted by Gasteiger charge is -2.17. The molecule has 2 aromatic carbocycles. The molecule has 160 valence electrons. The highest BCUT2D eigenvalue weighted by Gasteiger charge is 2.14. The van der Waals surface area contributed by atoms with Crippen molar-refractivity contribution in [3.63, 3.8) is 0 Å². The van der Waals surface area contributed by atoms with Crippen molar-refractivity contribution >= 4 is 27.7 Å². The Morgan fingerprint density at radius 2 is 2.00 bits per heavy atom. The molecule has 0 saturated carbocycles. The van der Waals surface area contributed by atoms with E-state index < -0.39 is 0 Å². The van der Waals surface area contributed by atoms with Gasteiger partial charge in [-0.05, 0) is 77.0 Å². The SMILES string of the molecule is CCOc1cc(CNCCSc2nnnn2-c2ccccc2)cc(Br)c1OC(C)C. The van der Waals surface area contributed by atoms with Crippen molar-refractivity contribution in [3.05, 3.63) is 52.5 Å². The maximum Gasteiger partial charge on any atom is 0.214 e. The van der Waals surface area contributed by atoms with E-state index in [4.69, 9.17) is 9.47 Å². The Morgan fingerprint density at radius 3 is 2.73 bits per heavy atom. The summed E-state index contributed by atoms with van der Waals surface area (Å²) in [6.45, 7) is 8.11. The molecule has 1 aromatic heterocycles. The molecule has 3 rings (SSSR count). The van der Waals surface area contributed by atoms with E-state index in [1.165, 1.54) is 0 Å². The first-order valence-electron chi connectivity index (χ1n) is 9.87. The molecule has 30 heavy (non-hydrogen) atoms. The number of nitrogens with zero attached hydrogens (tertiary/aromatic N) is 4. The molecule has 0 aliphatic carbocycles. The minimum atomic E-state index is 0.0777. The van der Waals surface area contributed by atoms with Crippen LogP contribution in [0.2, 0.25) is 0 Å². The maximum absolute atomic E-state index is 5.90. The first-order valence-corrected chi connectivity index (χ1v) is 11.7. The Labute approximate surface area is 189 Å². The summed E-state index contributed by atoms with van der Waals surface area (Å²) in [4.78, 5) is 0. The lowest BCUT2D eigenvalue weighted by atomic mass is 10.2. The van der Waals surface area contributed by atoms with Crippen LogP contribution in [0.4, 0.5) is 0 Å². The van der Waals surface area contributed by atoms with Gasteiger partial charge < -0.3 is 14.8 Å². The molecule has 9 heteroatoms. The molecule has 3 aromatic rings. The van der Waals surface area contributed by atoms with Crippen molar-refractivity contribution in [2.75, 3.05) is 18.9 Å². The van der Waals surface area contributed by atoms with Gasteiger partial charge in [-0.3, -0.25) is 0 Å². The number of nitrogens with one attached hydrogen (secondary N) is 1. The summed E-state index contributed by atoms with van der Waals surface area (Å²) in [5, 5.41) is 16.3. The van der Waals surface area contributed by atoms with Crippen LogP contribution in [0.15, 0.2) is 52.1 Å². The van der Waals surface area contributed by atoms with Crippen LogP contribution in [-0.2, 0) is 6.54 Å². The second kappa shape index (κ2) is 11.3. The van der Waals surface area contributed by atoms with Crippen molar-refractivity contribution in [1.29, 1.82) is 0 Å². The summed E-state index contributed by atoms with van der Waals surface area (Å²) in [7, 11) is 0. The zero-order chi connectivity index (χ0) is 21.3. The average Bonchev–Trinajstić information content (AvgIpc) is 3.19. The summed E-state index contributed by atoms with van der Waals surface area (Å²) >= 11 is 5.23. The van der Waals surface area contributed by atoms with Crippen LogP contribution in [0.1, 0.15) is 26.3 Å². The minimum Gasteiger partial charge on any atom is -0.490 e. The fraction of sp³-hybridized carbons (Fsp3) is 0.381. The van der Waals surface area contributed by atoms with Crippen LogP contribution < -0.4 is 14.8 Å². The number of aromatic nitrogens is 4. The molecule has 0 amide bonds. The van der Waals surface area contributed by atoms with Crippen molar-refractivity contribution < 1.29 is 9.47 Å². The molecule has 0 spiro atoms. The normalized spacial score (nSPS) is 11.1. The fourth-order valence-electron chi connectivity index (χ4n) is 2.78. The standard InChI is InChI=1S/C21H26BrN5O2S/c1-4-28-19-13-16(12-18(22)20(19)29-15(2)3)14-23-10-11-30-21-24-25-26-27(21)17-8-6-5-7-9-17/h5-9,12-13,15,23H,4,10-11,14H2,1-3H3. The molecule has 0 unspecified atom stereocenters. The average molecular weight is 492 g/mol. The van der Waals surface area contributed by atoms with Gasteiger partial charge in [0, 0.05) is 18.8 Å². The molecule has 7 nitrogen and oxygen atoms in total. The molecule has 0 bridgehead atoms. The third-order valence-electron chi connectivity index (χ3n) is 4.00. The Hall–Kier alpha value is -2.10. The lowest BCUT2D eigenvalue weighted by Crippen LogP contribution is -2.17. The zero-order valence-corrected chi connectivity index (χ0v) is 19.7. The third kappa shape index (κ3) is 6.20. The first-order chi connectivity index (χ1) is 14.6. The number of tetrazole rings is 1. The number of ether oxygens (including phenoxy) is 2. The molecule has 0 atom stereocenters. The van der Waals surface area contributed by atoms with Crippen LogP contribution >= 0.6 is 27.7 Å². The number of benzene rings is 2. The second-order valence-corrected chi connectivity index (χ2v) is 8.65. The van der Waals surface area contributed by atoms with Crippen molar-refractivity contribution in [1.82, 2.24) is 25.5 Å². The third-order valence-corrected chi connectivity index (χ3v) is 5.51. The van der Waals surface area contributed by atoms with E-state index in [-0.39, 0.29) is 6.10 Å². The topological polar surface area (TPSA) is 74.1 Å². The molecule has 0 saturated heterocycles. The van der Waals surface area contributed by atoms with Crippen LogP contribution in [-0.4, -0.2) is 45.2 Å². The Kier molecular flexibility index (Phi) is 8.53. The highest BCUT2D eigenvalue weighted by atomic mass is 79.9. The number of para-hydroxylation sites is 1. The first kappa shape index (κ1) is 22.6. The van der Waals surface area contributed by atoms with Gasteiger partial charge in [-0.25, -0.2) is 0 Å². The van der Waals surface area contributed by atoms with Crippen molar-refractivity contribution in [3.8, 4) is 17.2 Å². The van der Waals surface area contributed by atoms with Crippen LogP contribution in [0, 0.1) is 0 Å². The number of halogens is 1.